The number of nitrogens with zero attached hydrogens (tertiary/aromatic N) is 2. The van der Waals surface area contributed by atoms with Gasteiger partial charge >= 0.3 is 0 Å². The van der Waals surface area contributed by atoms with E-state index in [-0.39, 0.29) is 17.2 Å². The van der Waals surface area contributed by atoms with Gasteiger partial charge in [0, 0.05) is 17.1 Å². The molecule has 1 unspecified atom stereocenters. The summed E-state index contributed by atoms with van der Waals surface area (Å²) >= 11 is 0. The number of carbonyl (C=O) groups is 1. The van der Waals surface area contributed by atoms with Crippen molar-refractivity contribution < 1.29 is 14.4 Å². The molecule has 18 heavy (non-hydrogen) atoms. The van der Waals surface area contributed by atoms with Crippen LogP contribution in [0.4, 0.5) is 5.88 Å². The zero-order valence-electron chi connectivity index (χ0n) is 11.3. The minimum absolute atomic E-state index is 0.160. The number of aliphatic hydroxyl groups excluding tert-OH is 1. The van der Waals surface area contributed by atoms with Gasteiger partial charge in [0.2, 0.25) is 5.88 Å². The van der Waals surface area contributed by atoms with Crippen molar-refractivity contribution in [2.24, 2.45) is 0 Å². The first kappa shape index (κ1) is 12.8. The third-order valence-electron chi connectivity index (χ3n) is 3.27. The Morgan fingerprint density at radius 2 is 2.00 bits per heavy atom. The number of anilines is 1. The van der Waals surface area contributed by atoms with Gasteiger partial charge < -0.3 is 9.63 Å². The molecule has 0 aliphatic carbocycles. The van der Waals surface area contributed by atoms with Gasteiger partial charge in [-0.05, 0) is 19.4 Å². The maximum absolute atomic E-state index is 12.0. The van der Waals surface area contributed by atoms with E-state index in [2.05, 4.69) is 5.16 Å². The topological polar surface area (TPSA) is 66.6 Å². The molecule has 0 bridgehead atoms. The monoisotopic (exact) mass is 250 g/mol. The van der Waals surface area contributed by atoms with Gasteiger partial charge in [-0.1, -0.05) is 25.9 Å². The molecular formula is C13H18N2O3. The summed E-state index contributed by atoms with van der Waals surface area (Å²) in [7, 11) is 0. The number of carbonyl (C=O) groups excluding carboxylic acids is 1. The number of hydrogen-bond donors (Lipinski definition) is 1. The van der Waals surface area contributed by atoms with Crippen molar-refractivity contribution in [2.75, 3.05) is 4.90 Å². The van der Waals surface area contributed by atoms with Crippen LogP contribution in [0.15, 0.2) is 21.7 Å². The minimum atomic E-state index is -0.960. The molecule has 5 heteroatoms. The first-order valence-corrected chi connectivity index (χ1v) is 5.89. The number of aromatic nitrogens is 1. The smallest absolute Gasteiger partial charge is 0.258 e. The maximum Gasteiger partial charge on any atom is 0.258 e. The largest absolute Gasteiger partial charge is 0.369 e. The Bertz CT molecular complexity index is 523. The molecule has 1 atom stereocenters. The van der Waals surface area contributed by atoms with Crippen LogP contribution in [0.2, 0.25) is 0 Å². The summed E-state index contributed by atoms with van der Waals surface area (Å²) in [5.41, 5.74) is 1.79. The molecule has 2 rings (SSSR count). The average Bonchev–Trinajstić information content (AvgIpc) is 2.81. The van der Waals surface area contributed by atoms with Crippen molar-refractivity contribution >= 4 is 11.8 Å². The summed E-state index contributed by atoms with van der Waals surface area (Å²) < 4.78 is 5.18. The normalized spacial score (nSPS) is 21.1. The molecule has 1 amide bonds. The molecule has 1 aliphatic rings. The molecule has 1 N–H and O–H groups in total. The van der Waals surface area contributed by atoms with Crippen molar-refractivity contribution in [3.63, 3.8) is 0 Å². The van der Waals surface area contributed by atoms with E-state index in [4.69, 9.17) is 4.52 Å². The summed E-state index contributed by atoms with van der Waals surface area (Å²) in [6, 6.07) is 1.70. The van der Waals surface area contributed by atoms with Gasteiger partial charge in [0.1, 0.15) is 0 Å². The molecule has 1 aliphatic heterocycles. The molecule has 0 spiro atoms. The second kappa shape index (κ2) is 3.95. The summed E-state index contributed by atoms with van der Waals surface area (Å²) in [5.74, 6) is 0.0465. The van der Waals surface area contributed by atoms with E-state index < -0.39 is 6.23 Å². The lowest BCUT2D eigenvalue weighted by Crippen LogP contribution is -2.34. The summed E-state index contributed by atoms with van der Waals surface area (Å²) in [6.07, 6.45) is -0.960. The molecule has 0 saturated carbocycles. The van der Waals surface area contributed by atoms with E-state index in [1.165, 1.54) is 4.90 Å². The Morgan fingerprint density at radius 1 is 1.39 bits per heavy atom. The lowest BCUT2D eigenvalue weighted by atomic mass is 9.92. The van der Waals surface area contributed by atoms with Crippen molar-refractivity contribution in [2.45, 2.75) is 46.3 Å². The quantitative estimate of drug-likeness (QED) is 0.827. The predicted molar refractivity (Wildman–Crippen MR) is 67.1 cm³/mol. The summed E-state index contributed by atoms with van der Waals surface area (Å²) in [5, 5.41) is 14.0. The third-order valence-corrected chi connectivity index (χ3v) is 3.27. The van der Waals surface area contributed by atoms with Crippen LogP contribution in [0.1, 0.15) is 40.3 Å². The number of hydrogen-bond acceptors (Lipinski definition) is 4. The van der Waals surface area contributed by atoms with Gasteiger partial charge in [0.15, 0.2) is 6.23 Å². The van der Waals surface area contributed by atoms with E-state index >= 15 is 0 Å². The Balaban J connectivity index is 2.35. The van der Waals surface area contributed by atoms with E-state index in [0.29, 0.717) is 11.1 Å². The highest BCUT2D eigenvalue weighted by molar-refractivity contribution is 6.08. The molecule has 0 aromatic carbocycles. The Kier molecular flexibility index (Phi) is 2.81. The maximum atomic E-state index is 12.0. The second-order valence-electron chi connectivity index (χ2n) is 5.66. The summed E-state index contributed by atoms with van der Waals surface area (Å²) in [6.45, 7) is 9.45. The zero-order chi connectivity index (χ0) is 13.7. The van der Waals surface area contributed by atoms with Gasteiger partial charge in [0.05, 0.1) is 5.69 Å². The molecule has 98 valence electrons. The lowest BCUT2D eigenvalue weighted by molar-refractivity contribution is -0.115. The van der Waals surface area contributed by atoms with Crippen molar-refractivity contribution in [1.82, 2.24) is 5.16 Å². The van der Waals surface area contributed by atoms with Crippen LogP contribution in [0, 0.1) is 0 Å². The van der Waals surface area contributed by atoms with Gasteiger partial charge in [-0.25, -0.2) is 4.90 Å². The highest BCUT2D eigenvalue weighted by Crippen LogP contribution is 2.32. The highest BCUT2D eigenvalue weighted by Gasteiger charge is 2.37. The first-order chi connectivity index (χ1) is 8.23. The lowest BCUT2D eigenvalue weighted by Gasteiger charge is -2.18. The number of aliphatic hydroxyl groups is 1. The van der Waals surface area contributed by atoms with Crippen molar-refractivity contribution in [3.05, 3.63) is 22.9 Å². The molecule has 1 aromatic heterocycles. The van der Waals surface area contributed by atoms with Crippen molar-refractivity contribution in [1.29, 1.82) is 0 Å². The van der Waals surface area contributed by atoms with Crippen LogP contribution in [-0.4, -0.2) is 22.4 Å². The Morgan fingerprint density at radius 3 is 2.39 bits per heavy atom. The zero-order valence-corrected chi connectivity index (χ0v) is 11.3. The second-order valence-corrected chi connectivity index (χ2v) is 5.66. The summed E-state index contributed by atoms with van der Waals surface area (Å²) in [4.78, 5) is 13.2. The highest BCUT2D eigenvalue weighted by atomic mass is 16.5. The molecule has 0 radical (unpaired) electrons. The van der Waals surface area contributed by atoms with Gasteiger partial charge in [-0.15, -0.1) is 0 Å². The SMILES string of the molecule is CC1=C(C)C(O)N(c2cc(C(C)(C)C)no2)C1=O. The fourth-order valence-electron chi connectivity index (χ4n) is 1.80. The predicted octanol–water partition coefficient (Wildman–Crippen LogP) is 1.97. The average molecular weight is 250 g/mol. The fraction of sp³-hybridized carbons (Fsp3) is 0.538. The third kappa shape index (κ3) is 1.84. The van der Waals surface area contributed by atoms with E-state index in [1.54, 1.807) is 19.9 Å². The van der Waals surface area contributed by atoms with Crippen LogP contribution in [0.3, 0.4) is 0 Å². The molecular weight excluding hydrogens is 232 g/mol. The van der Waals surface area contributed by atoms with Gasteiger partial charge in [-0.3, -0.25) is 4.79 Å². The van der Waals surface area contributed by atoms with Crippen molar-refractivity contribution in [3.8, 4) is 0 Å². The first-order valence-electron chi connectivity index (χ1n) is 5.89. The molecule has 0 saturated heterocycles. The van der Waals surface area contributed by atoms with E-state index in [0.717, 1.165) is 5.69 Å². The number of rotatable bonds is 1. The minimum Gasteiger partial charge on any atom is -0.369 e. The molecule has 5 nitrogen and oxygen atoms in total. The van der Waals surface area contributed by atoms with Crippen LogP contribution >= 0.6 is 0 Å². The van der Waals surface area contributed by atoms with Crippen LogP contribution in [0.25, 0.3) is 0 Å². The Hall–Kier alpha value is -1.62. The standard InChI is InChI=1S/C13H18N2O3/c1-7-8(2)12(17)15(11(7)16)10-6-9(14-18-10)13(3,4)5/h6,11,16H,1-5H3. The van der Waals surface area contributed by atoms with E-state index in [9.17, 15) is 9.90 Å². The van der Waals surface area contributed by atoms with Crippen LogP contribution in [0.5, 0.6) is 0 Å². The Labute approximate surface area is 106 Å². The van der Waals surface area contributed by atoms with Gasteiger partial charge in [-0.2, -0.15) is 0 Å². The van der Waals surface area contributed by atoms with E-state index in [1.807, 2.05) is 20.8 Å². The van der Waals surface area contributed by atoms with Crippen LogP contribution in [-0.2, 0) is 10.2 Å². The van der Waals surface area contributed by atoms with Gasteiger partial charge in [0.25, 0.3) is 5.91 Å². The van der Waals surface area contributed by atoms with Crippen LogP contribution < -0.4 is 4.90 Å². The fourth-order valence-corrected chi connectivity index (χ4v) is 1.80. The molecule has 2 heterocycles. The number of amides is 1. The molecule has 1 aromatic rings. The molecule has 0 fully saturated rings.